The Hall–Kier alpha value is -3.33. The Kier molecular flexibility index (Phi) is 4.93. The Balaban J connectivity index is 1.61. The molecule has 8 nitrogen and oxygen atoms in total. The summed E-state index contributed by atoms with van der Waals surface area (Å²) in [7, 11) is 0.0765. The van der Waals surface area contributed by atoms with Gasteiger partial charge < -0.3 is 14.8 Å². The largest absolute Gasteiger partial charge is 0.493 e. The summed E-state index contributed by atoms with van der Waals surface area (Å²) in [5.74, 6) is 0.929. The van der Waals surface area contributed by atoms with E-state index in [1.807, 2.05) is 42.5 Å². The first-order valence-corrected chi connectivity index (χ1v) is 12.2. The third-order valence-electron chi connectivity index (χ3n) is 6.00. The number of ether oxygens (including phenoxy) is 2. The number of nitrogens with one attached hydrogen (secondary N) is 1. The second-order valence-electron chi connectivity index (χ2n) is 8.04. The van der Waals surface area contributed by atoms with E-state index < -0.39 is 15.9 Å². The van der Waals surface area contributed by atoms with Crippen LogP contribution in [0.3, 0.4) is 0 Å². The van der Waals surface area contributed by atoms with E-state index in [2.05, 4.69) is 10.4 Å². The second-order valence-corrected chi connectivity index (χ2v) is 10.3. The molecule has 1 aliphatic heterocycles. The molecule has 166 valence electrons. The summed E-state index contributed by atoms with van der Waals surface area (Å²) < 4.78 is 36.3. The van der Waals surface area contributed by atoms with Gasteiger partial charge in [-0.15, -0.1) is 0 Å². The molecule has 1 aliphatic carbocycles. The van der Waals surface area contributed by atoms with E-state index in [0.717, 1.165) is 28.1 Å². The van der Waals surface area contributed by atoms with Crippen LogP contribution >= 0.6 is 0 Å². The van der Waals surface area contributed by atoms with Crippen molar-refractivity contribution in [1.82, 2.24) is 15.1 Å². The molecule has 0 spiro atoms. The fourth-order valence-electron chi connectivity index (χ4n) is 4.47. The molecule has 0 radical (unpaired) electrons. The van der Waals surface area contributed by atoms with Crippen molar-refractivity contribution in [3.05, 3.63) is 59.3 Å². The van der Waals surface area contributed by atoms with Crippen LogP contribution in [-0.4, -0.2) is 55.9 Å². The standard InChI is InChI=1S/C23H23N3O5S/c1-30-19-11-14-10-18-21(23(27)24-15-8-9-32(28,29)13-15)25-26(16-6-4-3-5-7-16)22(18)17(14)12-20(19)31-2/h3-7,11-12,15H,8-10,13H2,1-2H3,(H,24,27)/t15-/m0/s1. The molecule has 0 bridgehead atoms. The van der Waals surface area contributed by atoms with E-state index in [1.54, 1.807) is 18.9 Å². The highest BCUT2D eigenvalue weighted by molar-refractivity contribution is 7.91. The summed E-state index contributed by atoms with van der Waals surface area (Å²) in [6.45, 7) is 0. The monoisotopic (exact) mass is 453 g/mol. The number of benzene rings is 2. The second kappa shape index (κ2) is 7.67. The minimum absolute atomic E-state index is 0.0328. The maximum Gasteiger partial charge on any atom is 0.272 e. The predicted octanol–water partition coefficient (Wildman–Crippen LogP) is 2.38. The number of carbonyl (C=O) groups excluding carboxylic acids is 1. The fourth-order valence-corrected chi connectivity index (χ4v) is 6.15. The lowest BCUT2D eigenvalue weighted by molar-refractivity contribution is 0.0935. The third kappa shape index (κ3) is 3.42. The number of para-hydroxylation sites is 1. The van der Waals surface area contributed by atoms with Crippen LogP contribution in [0.25, 0.3) is 16.9 Å². The van der Waals surface area contributed by atoms with Gasteiger partial charge in [0.05, 0.1) is 37.1 Å². The lowest BCUT2D eigenvalue weighted by Gasteiger charge is -2.12. The Labute approximate surface area is 186 Å². The van der Waals surface area contributed by atoms with Crippen LogP contribution in [-0.2, 0) is 16.3 Å². The van der Waals surface area contributed by atoms with Gasteiger partial charge in [0, 0.05) is 23.6 Å². The van der Waals surface area contributed by atoms with Gasteiger partial charge in [0.15, 0.2) is 27.0 Å². The first-order chi connectivity index (χ1) is 15.4. The van der Waals surface area contributed by atoms with Crippen molar-refractivity contribution in [3.8, 4) is 28.4 Å². The molecule has 32 heavy (non-hydrogen) atoms. The van der Waals surface area contributed by atoms with Crippen molar-refractivity contribution in [2.45, 2.75) is 18.9 Å². The van der Waals surface area contributed by atoms with Crippen molar-refractivity contribution in [2.24, 2.45) is 0 Å². The molecule has 1 N–H and O–H groups in total. The van der Waals surface area contributed by atoms with Crippen molar-refractivity contribution < 1.29 is 22.7 Å². The number of rotatable bonds is 5. The Morgan fingerprint density at radius 2 is 1.84 bits per heavy atom. The molecule has 1 amide bonds. The zero-order valence-corrected chi connectivity index (χ0v) is 18.6. The summed E-state index contributed by atoms with van der Waals surface area (Å²) in [6, 6.07) is 13.0. The van der Waals surface area contributed by atoms with Gasteiger partial charge in [-0.25, -0.2) is 13.1 Å². The van der Waals surface area contributed by atoms with Gasteiger partial charge >= 0.3 is 0 Å². The molecule has 3 aromatic rings. The molecule has 0 saturated carbocycles. The predicted molar refractivity (Wildman–Crippen MR) is 119 cm³/mol. The number of methoxy groups -OCH3 is 2. The number of carbonyl (C=O) groups is 1. The van der Waals surface area contributed by atoms with Crippen molar-refractivity contribution in [2.75, 3.05) is 25.7 Å². The van der Waals surface area contributed by atoms with Crippen LogP contribution in [0.1, 0.15) is 28.0 Å². The van der Waals surface area contributed by atoms with Crippen LogP contribution in [0.4, 0.5) is 0 Å². The molecule has 2 heterocycles. The van der Waals surface area contributed by atoms with Gasteiger partial charge in [-0.1, -0.05) is 18.2 Å². The van der Waals surface area contributed by atoms with Gasteiger partial charge in [-0.2, -0.15) is 5.10 Å². The van der Waals surface area contributed by atoms with E-state index in [4.69, 9.17) is 9.47 Å². The highest BCUT2D eigenvalue weighted by Crippen LogP contribution is 2.44. The maximum absolute atomic E-state index is 13.2. The van der Waals surface area contributed by atoms with Gasteiger partial charge in [0.2, 0.25) is 0 Å². The van der Waals surface area contributed by atoms with Crippen molar-refractivity contribution in [1.29, 1.82) is 0 Å². The molecule has 1 aromatic heterocycles. The molecule has 1 atom stereocenters. The Bertz CT molecular complexity index is 1320. The molecular weight excluding hydrogens is 430 g/mol. The zero-order chi connectivity index (χ0) is 22.5. The first-order valence-electron chi connectivity index (χ1n) is 10.3. The molecule has 1 fully saturated rings. The molecule has 2 aliphatic rings. The van der Waals surface area contributed by atoms with Crippen LogP contribution in [0, 0.1) is 0 Å². The van der Waals surface area contributed by atoms with Crippen LogP contribution in [0.2, 0.25) is 0 Å². The molecule has 9 heteroatoms. The molecule has 1 saturated heterocycles. The number of sulfone groups is 1. The normalized spacial score (nSPS) is 18.1. The van der Waals surface area contributed by atoms with Crippen LogP contribution in [0.15, 0.2) is 42.5 Å². The van der Waals surface area contributed by atoms with Gasteiger partial charge in [0.1, 0.15) is 0 Å². The number of fused-ring (bicyclic) bond motifs is 3. The topological polar surface area (TPSA) is 99.5 Å². The summed E-state index contributed by atoms with van der Waals surface area (Å²) >= 11 is 0. The number of nitrogens with zero attached hydrogens (tertiary/aromatic N) is 2. The lowest BCUT2D eigenvalue weighted by Crippen LogP contribution is -2.36. The number of hydrogen-bond acceptors (Lipinski definition) is 6. The molecule has 5 rings (SSSR count). The number of aromatic nitrogens is 2. The zero-order valence-electron chi connectivity index (χ0n) is 17.8. The SMILES string of the molecule is COc1cc2c(cc1OC)-c1c(c(C(=O)N[C@H]3CCS(=O)(=O)C3)nn1-c1ccccc1)C2. The quantitative estimate of drug-likeness (QED) is 0.498. The van der Waals surface area contributed by atoms with Gasteiger partial charge in [-0.05, 0) is 36.2 Å². The molecule has 0 unspecified atom stereocenters. The first kappa shape index (κ1) is 20.6. The van der Waals surface area contributed by atoms with Gasteiger partial charge in [0.25, 0.3) is 5.91 Å². The maximum atomic E-state index is 13.2. The molecular formula is C23H23N3O5S. The average Bonchev–Trinajstić information content (AvgIpc) is 3.44. The highest BCUT2D eigenvalue weighted by atomic mass is 32.2. The highest BCUT2D eigenvalue weighted by Gasteiger charge is 2.35. The van der Waals surface area contributed by atoms with E-state index in [1.165, 1.54) is 0 Å². The average molecular weight is 454 g/mol. The van der Waals surface area contributed by atoms with Crippen LogP contribution < -0.4 is 14.8 Å². The lowest BCUT2D eigenvalue weighted by atomic mass is 10.1. The van der Waals surface area contributed by atoms with Crippen molar-refractivity contribution in [3.63, 3.8) is 0 Å². The summed E-state index contributed by atoms with van der Waals surface area (Å²) in [5.41, 5.74) is 4.71. The van der Waals surface area contributed by atoms with E-state index >= 15 is 0 Å². The number of amides is 1. The summed E-state index contributed by atoms with van der Waals surface area (Å²) in [6.07, 6.45) is 0.938. The summed E-state index contributed by atoms with van der Waals surface area (Å²) in [4.78, 5) is 13.2. The van der Waals surface area contributed by atoms with E-state index in [0.29, 0.717) is 30.0 Å². The fraction of sp³-hybridized carbons (Fsp3) is 0.304. The van der Waals surface area contributed by atoms with E-state index in [9.17, 15) is 13.2 Å². The Morgan fingerprint density at radius 3 is 2.50 bits per heavy atom. The van der Waals surface area contributed by atoms with Gasteiger partial charge in [-0.3, -0.25) is 4.79 Å². The minimum Gasteiger partial charge on any atom is -0.493 e. The summed E-state index contributed by atoms with van der Waals surface area (Å²) in [5, 5.41) is 7.53. The minimum atomic E-state index is -3.10. The van der Waals surface area contributed by atoms with Crippen molar-refractivity contribution >= 4 is 15.7 Å². The molecule has 2 aromatic carbocycles. The third-order valence-corrected chi connectivity index (χ3v) is 7.77. The number of hydrogen-bond donors (Lipinski definition) is 1. The Morgan fingerprint density at radius 1 is 1.12 bits per heavy atom. The smallest absolute Gasteiger partial charge is 0.272 e. The van der Waals surface area contributed by atoms with Crippen LogP contribution in [0.5, 0.6) is 11.5 Å². The van der Waals surface area contributed by atoms with E-state index in [-0.39, 0.29) is 17.4 Å².